The smallest absolute Gasteiger partial charge is 0.322 e. The molecule has 8 heteroatoms. The first-order valence-corrected chi connectivity index (χ1v) is 7.92. The number of carbonyl (C=O) groups excluding carboxylic acids is 2. The summed E-state index contributed by atoms with van der Waals surface area (Å²) < 4.78 is 40.1. The van der Waals surface area contributed by atoms with E-state index < -0.39 is 35.4 Å². The Morgan fingerprint density at radius 2 is 1.92 bits per heavy atom. The van der Waals surface area contributed by atoms with Crippen LogP contribution in [-0.2, 0) is 11.3 Å². The Morgan fingerprint density at radius 1 is 1.23 bits per heavy atom. The van der Waals surface area contributed by atoms with Crippen molar-refractivity contribution in [2.45, 2.75) is 19.5 Å². The van der Waals surface area contributed by atoms with Gasteiger partial charge in [-0.25, -0.2) is 18.0 Å². The molecular formula is C18H20F3N3O2. The summed E-state index contributed by atoms with van der Waals surface area (Å²) in [6.07, 6.45) is 0. The lowest BCUT2D eigenvalue weighted by Crippen LogP contribution is -2.45. The average Bonchev–Trinajstić information content (AvgIpc) is 2.55. The highest BCUT2D eigenvalue weighted by atomic mass is 19.1. The standard InChI is InChI=1S/C18H16F3N3O2.2H2/c1-10(14-4-2-13(20)7-15(14)21)22-17(25)9-24-8-11-6-12(19)3-5-16(11)23-18(24)26;;/h2-7,10H,8-9H2,1H3,(H,22,25)(H,23,26);2*1H/t10-;;/m0../s1. The molecule has 26 heavy (non-hydrogen) atoms. The van der Waals surface area contributed by atoms with Gasteiger partial charge in [0.1, 0.15) is 24.0 Å². The van der Waals surface area contributed by atoms with Crippen LogP contribution in [0, 0.1) is 17.5 Å². The molecule has 5 nitrogen and oxygen atoms in total. The Morgan fingerprint density at radius 3 is 2.65 bits per heavy atom. The fourth-order valence-corrected chi connectivity index (χ4v) is 2.81. The van der Waals surface area contributed by atoms with Gasteiger partial charge in [0.05, 0.1) is 12.6 Å². The summed E-state index contributed by atoms with van der Waals surface area (Å²) in [6, 6.07) is 5.88. The topological polar surface area (TPSA) is 61.4 Å². The summed E-state index contributed by atoms with van der Waals surface area (Å²) in [7, 11) is 0. The Bertz CT molecular complexity index is 883. The maximum atomic E-state index is 13.8. The van der Waals surface area contributed by atoms with E-state index in [4.69, 9.17) is 0 Å². The third-order valence-electron chi connectivity index (χ3n) is 4.10. The Hall–Kier alpha value is -3.03. The first-order chi connectivity index (χ1) is 12.3. The number of anilines is 1. The van der Waals surface area contributed by atoms with E-state index in [9.17, 15) is 22.8 Å². The maximum absolute atomic E-state index is 13.8. The van der Waals surface area contributed by atoms with Crippen LogP contribution in [0.5, 0.6) is 0 Å². The number of hydrogen-bond acceptors (Lipinski definition) is 2. The number of benzene rings is 2. The number of amides is 3. The zero-order valence-corrected chi connectivity index (χ0v) is 13.9. The van der Waals surface area contributed by atoms with E-state index in [0.717, 1.165) is 12.1 Å². The lowest BCUT2D eigenvalue weighted by molar-refractivity contribution is -0.122. The van der Waals surface area contributed by atoms with Crippen molar-refractivity contribution in [3.63, 3.8) is 0 Å². The van der Waals surface area contributed by atoms with Crippen LogP contribution in [0.25, 0.3) is 0 Å². The van der Waals surface area contributed by atoms with Crippen molar-refractivity contribution < 1.29 is 25.6 Å². The molecule has 0 unspecified atom stereocenters. The predicted octanol–water partition coefficient (Wildman–Crippen LogP) is 3.82. The zero-order chi connectivity index (χ0) is 18.8. The molecule has 2 aromatic rings. The van der Waals surface area contributed by atoms with Crippen LogP contribution in [0.3, 0.4) is 0 Å². The van der Waals surface area contributed by atoms with Crippen molar-refractivity contribution in [3.8, 4) is 0 Å². The number of hydrogen-bond donors (Lipinski definition) is 2. The van der Waals surface area contributed by atoms with Crippen molar-refractivity contribution >= 4 is 17.6 Å². The molecule has 1 aliphatic rings. The summed E-state index contributed by atoms with van der Waals surface area (Å²) in [5.41, 5.74) is 1.18. The predicted molar refractivity (Wildman–Crippen MR) is 93.0 cm³/mol. The van der Waals surface area contributed by atoms with Gasteiger partial charge in [-0.05, 0) is 36.8 Å². The van der Waals surface area contributed by atoms with Gasteiger partial charge in [0.15, 0.2) is 0 Å². The van der Waals surface area contributed by atoms with Crippen LogP contribution in [0.4, 0.5) is 23.7 Å². The number of nitrogens with one attached hydrogen (secondary N) is 2. The molecule has 2 N–H and O–H groups in total. The third kappa shape index (κ3) is 3.79. The van der Waals surface area contributed by atoms with Gasteiger partial charge in [-0.1, -0.05) is 6.07 Å². The van der Waals surface area contributed by atoms with Crippen LogP contribution in [0.1, 0.15) is 26.9 Å². The summed E-state index contributed by atoms with van der Waals surface area (Å²) in [6.45, 7) is 1.34. The van der Waals surface area contributed by atoms with Gasteiger partial charge in [0.25, 0.3) is 0 Å². The van der Waals surface area contributed by atoms with Crippen LogP contribution in [-0.4, -0.2) is 23.4 Å². The van der Waals surface area contributed by atoms with E-state index >= 15 is 0 Å². The molecule has 3 rings (SSSR count). The van der Waals surface area contributed by atoms with Gasteiger partial charge < -0.3 is 15.5 Å². The minimum absolute atomic E-state index is 0. The normalized spacial score (nSPS) is 14.5. The second kappa shape index (κ2) is 7.07. The van der Waals surface area contributed by atoms with Crippen LogP contribution < -0.4 is 10.6 Å². The van der Waals surface area contributed by atoms with E-state index in [1.165, 1.54) is 29.2 Å². The van der Waals surface area contributed by atoms with E-state index in [0.29, 0.717) is 11.3 Å². The van der Waals surface area contributed by atoms with Crippen LogP contribution >= 0.6 is 0 Å². The molecule has 0 saturated heterocycles. The minimum atomic E-state index is -0.766. The fraction of sp³-hybridized carbons (Fsp3) is 0.222. The van der Waals surface area contributed by atoms with E-state index in [1.807, 2.05) is 0 Å². The van der Waals surface area contributed by atoms with Crippen molar-refractivity contribution in [1.82, 2.24) is 10.2 Å². The molecular weight excluding hydrogens is 347 g/mol. The van der Waals surface area contributed by atoms with Crippen molar-refractivity contribution in [2.24, 2.45) is 0 Å². The molecule has 1 atom stereocenters. The summed E-state index contributed by atoms with van der Waals surface area (Å²) >= 11 is 0. The molecule has 140 valence electrons. The molecule has 0 aliphatic carbocycles. The molecule has 1 heterocycles. The summed E-state index contributed by atoms with van der Waals surface area (Å²) in [5.74, 6) is -2.43. The molecule has 0 fully saturated rings. The molecule has 2 aromatic carbocycles. The van der Waals surface area contributed by atoms with Gasteiger partial charge in [0, 0.05) is 20.2 Å². The number of rotatable bonds is 4. The van der Waals surface area contributed by atoms with Gasteiger partial charge in [-0.15, -0.1) is 0 Å². The highest BCUT2D eigenvalue weighted by Crippen LogP contribution is 2.24. The SMILES string of the molecule is C[C@H](NC(=O)CN1Cc2cc(F)ccc2NC1=O)c1ccc(F)cc1F.[HH].[HH]. The Balaban J connectivity index is 0.00000196. The Kier molecular flexibility index (Phi) is 4.83. The second-order valence-corrected chi connectivity index (χ2v) is 6.04. The molecule has 0 bridgehead atoms. The van der Waals surface area contributed by atoms with Gasteiger partial charge in [0.2, 0.25) is 5.91 Å². The number of carbonyl (C=O) groups is 2. The quantitative estimate of drug-likeness (QED) is 0.863. The summed E-state index contributed by atoms with van der Waals surface area (Å²) in [5, 5.41) is 5.14. The monoisotopic (exact) mass is 367 g/mol. The molecule has 3 amide bonds. The lowest BCUT2D eigenvalue weighted by Gasteiger charge is -2.29. The first kappa shape index (κ1) is 17.8. The molecule has 1 aliphatic heterocycles. The zero-order valence-electron chi connectivity index (χ0n) is 13.9. The van der Waals surface area contributed by atoms with E-state index in [2.05, 4.69) is 10.6 Å². The minimum Gasteiger partial charge on any atom is -0.348 e. The molecule has 0 saturated carbocycles. The number of nitrogens with zero attached hydrogens (tertiary/aromatic N) is 1. The summed E-state index contributed by atoms with van der Waals surface area (Å²) in [4.78, 5) is 25.5. The number of halogens is 3. The average molecular weight is 367 g/mol. The maximum Gasteiger partial charge on any atom is 0.322 e. The Labute approximate surface area is 150 Å². The van der Waals surface area contributed by atoms with Gasteiger partial charge in [-0.3, -0.25) is 4.79 Å². The van der Waals surface area contributed by atoms with Crippen LogP contribution in [0.2, 0.25) is 0 Å². The second-order valence-electron chi connectivity index (χ2n) is 6.04. The van der Waals surface area contributed by atoms with Gasteiger partial charge in [-0.2, -0.15) is 0 Å². The molecule has 0 spiro atoms. The highest BCUT2D eigenvalue weighted by Gasteiger charge is 2.25. The molecule has 0 radical (unpaired) electrons. The third-order valence-corrected chi connectivity index (χ3v) is 4.10. The van der Waals surface area contributed by atoms with E-state index in [1.54, 1.807) is 6.92 Å². The fourth-order valence-electron chi connectivity index (χ4n) is 2.81. The van der Waals surface area contributed by atoms with E-state index in [-0.39, 0.29) is 21.5 Å². The lowest BCUT2D eigenvalue weighted by atomic mass is 10.1. The van der Waals surface area contributed by atoms with Gasteiger partial charge >= 0.3 is 6.03 Å². The first-order valence-electron chi connectivity index (χ1n) is 7.92. The largest absolute Gasteiger partial charge is 0.348 e. The number of fused-ring (bicyclic) bond motifs is 1. The highest BCUT2D eigenvalue weighted by molar-refractivity contribution is 5.94. The van der Waals surface area contributed by atoms with Crippen molar-refractivity contribution in [1.29, 1.82) is 0 Å². The van der Waals surface area contributed by atoms with Crippen molar-refractivity contribution in [2.75, 3.05) is 11.9 Å². The number of urea groups is 1. The molecule has 0 aromatic heterocycles. The van der Waals surface area contributed by atoms with Crippen molar-refractivity contribution in [3.05, 3.63) is 65.0 Å². The van der Waals surface area contributed by atoms with Crippen LogP contribution in [0.15, 0.2) is 36.4 Å².